The average molecular weight is 276 g/mol. The SMILES string of the molecule is CCCC=CCCC=CCCC=CCC=CCC(=O)O. The summed E-state index contributed by atoms with van der Waals surface area (Å²) >= 11 is 0. The third-order valence-corrected chi connectivity index (χ3v) is 2.69. The quantitative estimate of drug-likeness (QED) is 0.381. The summed E-state index contributed by atoms with van der Waals surface area (Å²) in [7, 11) is 0. The first-order valence-electron chi connectivity index (χ1n) is 7.59. The molecule has 0 atom stereocenters. The first-order chi connectivity index (χ1) is 9.77. The molecule has 0 aromatic heterocycles. The number of hydrogen-bond donors (Lipinski definition) is 1. The van der Waals surface area contributed by atoms with Crippen molar-refractivity contribution in [2.75, 3.05) is 0 Å². The number of carboxylic acids is 1. The lowest BCUT2D eigenvalue weighted by atomic mass is 10.2. The summed E-state index contributed by atoms with van der Waals surface area (Å²) in [5.41, 5.74) is 0. The van der Waals surface area contributed by atoms with E-state index in [9.17, 15) is 4.79 Å². The monoisotopic (exact) mass is 276 g/mol. The lowest BCUT2D eigenvalue weighted by Crippen LogP contribution is -1.89. The van der Waals surface area contributed by atoms with Gasteiger partial charge in [-0.3, -0.25) is 4.79 Å². The molecule has 2 heteroatoms. The molecule has 0 aromatic carbocycles. The molecule has 0 unspecified atom stereocenters. The smallest absolute Gasteiger partial charge is 0.307 e. The number of carbonyl (C=O) groups is 1. The lowest BCUT2D eigenvalue weighted by Gasteiger charge is -1.89. The normalized spacial score (nSPS) is 12.4. The molecule has 0 saturated heterocycles. The topological polar surface area (TPSA) is 37.3 Å². The van der Waals surface area contributed by atoms with Crippen LogP contribution < -0.4 is 0 Å². The maximum atomic E-state index is 10.3. The highest BCUT2D eigenvalue weighted by molar-refractivity contribution is 5.68. The summed E-state index contributed by atoms with van der Waals surface area (Å²) in [5.74, 6) is -0.778. The number of hydrogen-bond acceptors (Lipinski definition) is 1. The molecule has 0 aromatic rings. The van der Waals surface area contributed by atoms with Gasteiger partial charge in [-0.15, -0.1) is 0 Å². The molecule has 20 heavy (non-hydrogen) atoms. The van der Waals surface area contributed by atoms with E-state index >= 15 is 0 Å². The molecule has 0 aliphatic heterocycles. The van der Waals surface area contributed by atoms with Gasteiger partial charge in [-0.2, -0.15) is 0 Å². The van der Waals surface area contributed by atoms with Crippen LogP contribution in [0.2, 0.25) is 0 Å². The molecular weight excluding hydrogens is 248 g/mol. The molecule has 1 N–H and O–H groups in total. The van der Waals surface area contributed by atoms with E-state index in [4.69, 9.17) is 5.11 Å². The summed E-state index contributed by atoms with van der Waals surface area (Å²) in [6.45, 7) is 2.19. The number of aliphatic carboxylic acids is 1. The van der Waals surface area contributed by atoms with Crippen molar-refractivity contribution >= 4 is 5.97 Å². The third-order valence-electron chi connectivity index (χ3n) is 2.69. The average Bonchev–Trinajstić information content (AvgIpc) is 2.43. The van der Waals surface area contributed by atoms with Crippen molar-refractivity contribution in [1.29, 1.82) is 0 Å². The van der Waals surface area contributed by atoms with Crippen LogP contribution in [0.15, 0.2) is 48.6 Å². The van der Waals surface area contributed by atoms with E-state index in [0.717, 1.165) is 32.1 Å². The van der Waals surface area contributed by atoms with Gasteiger partial charge in [0.2, 0.25) is 0 Å². The fraction of sp³-hybridized carbons (Fsp3) is 0.500. The molecular formula is C18H28O2. The molecule has 0 fully saturated rings. The molecule has 2 nitrogen and oxygen atoms in total. The fourth-order valence-electron chi connectivity index (χ4n) is 1.60. The number of carboxylic acid groups (broad SMARTS) is 1. The molecule has 0 saturated carbocycles. The Morgan fingerprint density at radius 1 is 0.750 bits per heavy atom. The van der Waals surface area contributed by atoms with Gasteiger partial charge in [0, 0.05) is 0 Å². The zero-order chi connectivity index (χ0) is 14.9. The zero-order valence-corrected chi connectivity index (χ0v) is 12.6. The van der Waals surface area contributed by atoms with E-state index in [0.29, 0.717) is 0 Å². The van der Waals surface area contributed by atoms with Crippen molar-refractivity contribution in [2.45, 2.75) is 58.3 Å². The summed E-state index contributed by atoms with van der Waals surface area (Å²) in [6.07, 6.45) is 24.6. The van der Waals surface area contributed by atoms with Crippen molar-refractivity contribution in [3.63, 3.8) is 0 Å². The van der Waals surface area contributed by atoms with Crippen LogP contribution in [-0.4, -0.2) is 11.1 Å². The minimum atomic E-state index is -0.778. The summed E-state index contributed by atoms with van der Waals surface area (Å²) in [6, 6.07) is 0. The van der Waals surface area contributed by atoms with Gasteiger partial charge in [0.15, 0.2) is 0 Å². The van der Waals surface area contributed by atoms with Crippen LogP contribution in [0, 0.1) is 0 Å². The van der Waals surface area contributed by atoms with Gasteiger partial charge >= 0.3 is 5.97 Å². The molecule has 0 heterocycles. The standard InChI is InChI=1S/C18H28O2/c1-2-3-4-5-6-7-8-9-10-11-12-13-14-15-16-17-18(19)20/h4-5,8-9,12-13,15-16H,2-3,6-7,10-11,14,17H2,1H3,(H,19,20). The van der Waals surface area contributed by atoms with Gasteiger partial charge in [0.05, 0.1) is 6.42 Å². The Hall–Kier alpha value is -1.57. The highest BCUT2D eigenvalue weighted by atomic mass is 16.4. The van der Waals surface area contributed by atoms with E-state index in [1.165, 1.54) is 12.8 Å². The number of rotatable bonds is 12. The van der Waals surface area contributed by atoms with Crippen LogP contribution in [0.4, 0.5) is 0 Å². The van der Waals surface area contributed by atoms with Crippen LogP contribution in [0.1, 0.15) is 58.3 Å². The lowest BCUT2D eigenvalue weighted by molar-refractivity contribution is -0.136. The number of allylic oxidation sites excluding steroid dienone is 7. The maximum absolute atomic E-state index is 10.3. The molecule has 0 aliphatic rings. The Kier molecular flexibility index (Phi) is 14.3. The first kappa shape index (κ1) is 18.4. The highest BCUT2D eigenvalue weighted by Gasteiger charge is 1.87. The van der Waals surface area contributed by atoms with Crippen molar-refractivity contribution in [3.05, 3.63) is 48.6 Å². The minimum Gasteiger partial charge on any atom is -0.481 e. The van der Waals surface area contributed by atoms with Crippen molar-refractivity contribution in [3.8, 4) is 0 Å². The second kappa shape index (κ2) is 15.5. The Morgan fingerprint density at radius 3 is 1.70 bits per heavy atom. The molecule has 0 rings (SSSR count). The summed E-state index contributed by atoms with van der Waals surface area (Å²) in [5, 5.41) is 8.44. The van der Waals surface area contributed by atoms with E-state index in [1.54, 1.807) is 6.08 Å². The second-order valence-electron chi connectivity index (χ2n) is 4.66. The number of unbranched alkanes of at least 4 members (excludes halogenated alkanes) is 3. The van der Waals surface area contributed by atoms with E-state index in [1.807, 2.05) is 6.08 Å². The van der Waals surface area contributed by atoms with Crippen LogP contribution in [0.5, 0.6) is 0 Å². The van der Waals surface area contributed by atoms with E-state index in [2.05, 4.69) is 43.4 Å². The van der Waals surface area contributed by atoms with Gasteiger partial charge in [-0.25, -0.2) is 0 Å². The first-order valence-corrected chi connectivity index (χ1v) is 7.59. The van der Waals surface area contributed by atoms with Crippen LogP contribution >= 0.6 is 0 Å². The van der Waals surface area contributed by atoms with Crippen molar-refractivity contribution < 1.29 is 9.90 Å². The molecule has 0 radical (unpaired) electrons. The van der Waals surface area contributed by atoms with Crippen LogP contribution in [0.3, 0.4) is 0 Å². The van der Waals surface area contributed by atoms with Gasteiger partial charge in [-0.05, 0) is 38.5 Å². The van der Waals surface area contributed by atoms with E-state index in [-0.39, 0.29) is 6.42 Å². The van der Waals surface area contributed by atoms with Gasteiger partial charge in [0.1, 0.15) is 0 Å². The molecule has 0 spiro atoms. The third kappa shape index (κ3) is 16.4. The van der Waals surface area contributed by atoms with Gasteiger partial charge in [-0.1, -0.05) is 62.0 Å². The molecule has 0 aliphatic carbocycles. The Bertz CT molecular complexity index is 335. The van der Waals surface area contributed by atoms with Crippen molar-refractivity contribution in [1.82, 2.24) is 0 Å². The molecule has 0 amide bonds. The summed E-state index contributed by atoms with van der Waals surface area (Å²) < 4.78 is 0. The maximum Gasteiger partial charge on any atom is 0.307 e. The van der Waals surface area contributed by atoms with Gasteiger partial charge < -0.3 is 5.11 Å². The van der Waals surface area contributed by atoms with Crippen LogP contribution in [-0.2, 0) is 4.79 Å². The largest absolute Gasteiger partial charge is 0.481 e. The predicted molar refractivity (Wildman–Crippen MR) is 86.8 cm³/mol. The minimum absolute atomic E-state index is 0.114. The summed E-state index contributed by atoms with van der Waals surface area (Å²) in [4.78, 5) is 10.3. The predicted octanol–water partition coefficient (Wildman–Crippen LogP) is 5.44. The Balaban J connectivity index is 3.38. The Labute approximate surface area is 123 Å². The van der Waals surface area contributed by atoms with Gasteiger partial charge in [0.25, 0.3) is 0 Å². The van der Waals surface area contributed by atoms with E-state index < -0.39 is 5.97 Å². The molecule has 112 valence electrons. The molecule has 0 bridgehead atoms. The Morgan fingerprint density at radius 2 is 1.20 bits per heavy atom. The second-order valence-corrected chi connectivity index (χ2v) is 4.66. The fourth-order valence-corrected chi connectivity index (χ4v) is 1.60. The van der Waals surface area contributed by atoms with Crippen LogP contribution in [0.25, 0.3) is 0 Å². The van der Waals surface area contributed by atoms with Crippen molar-refractivity contribution in [2.24, 2.45) is 0 Å². The zero-order valence-electron chi connectivity index (χ0n) is 12.6. The highest BCUT2D eigenvalue weighted by Crippen LogP contribution is 2.00.